The summed E-state index contributed by atoms with van der Waals surface area (Å²) in [6, 6.07) is 6.10. The average molecular weight is 209 g/mol. The molecule has 1 rings (SSSR count). The second-order valence-electron chi connectivity index (χ2n) is 4.21. The Morgan fingerprint density at radius 2 is 2.00 bits per heavy atom. The molecule has 0 bridgehead atoms. The van der Waals surface area contributed by atoms with Crippen molar-refractivity contribution in [3.8, 4) is 0 Å². The van der Waals surface area contributed by atoms with Crippen molar-refractivity contribution < 1.29 is 4.39 Å². The largest absolute Gasteiger partial charge is 0.308 e. The van der Waals surface area contributed by atoms with E-state index in [4.69, 9.17) is 0 Å². The molecule has 1 aromatic rings. The van der Waals surface area contributed by atoms with Crippen LogP contribution in [-0.2, 0) is 0 Å². The van der Waals surface area contributed by atoms with E-state index in [1.165, 1.54) is 0 Å². The first-order valence-electron chi connectivity index (χ1n) is 5.56. The highest BCUT2D eigenvalue weighted by molar-refractivity contribution is 5.25. The number of benzene rings is 1. The number of hydrogen-bond acceptors (Lipinski definition) is 1. The molecule has 1 N–H and O–H groups in total. The van der Waals surface area contributed by atoms with Gasteiger partial charge in [0.2, 0.25) is 0 Å². The molecule has 0 fully saturated rings. The van der Waals surface area contributed by atoms with Gasteiger partial charge in [0.05, 0.1) is 0 Å². The van der Waals surface area contributed by atoms with Gasteiger partial charge in [0.15, 0.2) is 0 Å². The first-order valence-corrected chi connectivity index (χ1v) is 5.56. The lowest BCUT2D eigenvalue weighted by molar-refractivity contribution is 0.467. The molecule has 0 aliphatic rings. The van der Waals surface area contributed by atoms with Crippen LogP contribution in [0.15, 0.2) is 18.2 Å². The van der Waals surface area contributed by atoms with Crippen LogP contribution in [0, 0.1) is 12.7 Å². The fourth-order valence-electron chi connectivity index (χ4n) is 1.52. The smallest absolute Gasteiger partial charge is 0.126 e. The Labute approximate surface area is 91.7 Å². The van der Waals surface area contributed by atoms with Crippen LogP contribution in [0.2, 0.25) is 0 Å². The molecular formula is C13H20FN. The lowest BCUT2D eigenvalue weighted by Crippen LogP contribution is -2.28. The second kappa shape index (κ2) is 5.26. The number of hydrogen-bond donors (Lipinski definition) is 1. The molecule has 0 saturated carbocycles. The fourth-order valence-corrected chi connectivity index (χ4v) is 1.52. The lowest BCUT2D eigenvalue weighted by atomic mass is 10.0. The highest BCUT2D eigenvalue weighted by atomic mass is 19.1. The highest BCUT2D eigenvalue weighted by Gasteiger charge is 2.09. The predicted molar refractivity (Wildman–Crippen MR) is 62.4 cm³/mol. The van der Waals surface area contributed by atoms with E-state index >= 15 is 0 Å². The third-order valence-corrected chi connectivity index (χ3v) is 2.84. The molecule has 0 heterocycles. The molecule has 1 nitrogen and oxygen atoms in total. The molecule has 0 saturated heterocycles. The molecule has 2 unspecified atom stereocenters. The summed E-state index contributed by atoms with van der Waals surface area (Å²) in [5.41, 5.74) is 1.72. The van der Waals surface area contributed by atoms with Crippen molar-refractivity contribution in [2.24, 2.45) is 0 Å². The first kappa shape index (κ1) is 12.2. The Morgan fingerprint density at radius 3 is 2.53 bits per heavy atom. The maximum absolute atomic E-state index is 13.3. The Morgan fingerprint density at radius 1 is 1.33 bits per heavy atom. The van der Waals surface area contributed by atoms with E-state index in [9.17, 15) is 4.39 Å². The minimum absolute atomic E-state index is 0.120. The number of halogens is 1. The topological polar surface area (TPSA) is 12.0 Å². The van der Waals surface area contributed by atoms with Crippen LogP contribution in [0.5, 0.6) is 0 Å². The van der Waals surface area contributed by atoms with Crippen molar-refractivity contribution in [1.82, 2.24) is 5.32 Å². The van der Waals surface area contributed by atoms with Crippen LogP contribution >= 0.6 is 0 Å². The summed E-state index contributed by atoms with van der Waals surface area (Å²) in [6.07, 6.45) is 1.08. The minimum Gasteiger partial charge on any atom is -0.308 e. The van der Waals surface area contributed by atoms with Gasteiger partial charge in [-0.05, 0) is 44.4 Å². The van der Waals surface area contributed by atoms with Crippen molar-refractivity contribution >= 4 is 0 Å². The standard InChI is InChI=1S/C13H20FN/c1-5-10(3)15-11(4)12-7-6-9(2)13(14)8-12/h6-8,10-11,15H,5H2,1-4H3. The van der Waals surface area contributed by atoms with Gasteiger partial charge in [0, 0.05) is 12.1 Å². The van der Waals surface area contributed by atoms with Crippen LogP contribution in [0.3, 0.4) is 0 Å². The summed E-state index contributed by atoms with van der Waals surface area (Å²) < 4.78 is 13.3. The zero-order valence-corrected chi connectivity index (χ0v) is 9.97. The molecule has 2 atom stereocenters. The molecule has 84 valence electrons. The van der Waals surface area contributed by atoms with E-state index in [2.05, 4.69) is 26.1 Å². The molecule has 0 radical (unpaired) electrons. The van der Waals surface area contributed by atoms with Crippen molar-refractivity contribution in [3.05, 3.63) is 35.1 Å². The molecular weight excluding hydrogens is 189 g/mol. The van der Waals surface area contributed by atoms with E-state index in [1.54, 1.807) is 13.0 Å². The van der Waals surface area contributed by atoms with Gasteiger partial charge in [0.1, 0.15) is 5.82 Å². The van der Waals surface area contributed by atoms with Crippen molar-refractivity contribution in [1.29, 1.82) is 0 Å². The molecule has 0 aliphatic heterocycles. The Balaban J connectivity index is 2.73. The van der Waals surface area contributed by atoms with Gasteiger partial charge in [-0.25, -0.2) is 4.39 Å². The summed E-state index contributed by atoms with van der Waals surface area (Å²) in [5.74, 6) is -0.120. The van der Waals surface area contributed by atoms with Gasteiger partial charge >= 0.3 is 0 Å². The Hall–Kier alpha value is -0.890. The minimum atomic E-state index is -0.120. The second-order valence-corrected chi connectivity index (χ2v) is 4.21. The average Bonchev–Trinajstić information content (AvgIpc) is 2.21. The molecule has 1 aromatic carbocycles. The first-order chi connectivity index (χ1) is 7.04. The maximum Gasteiger partial charge on any atom is 0.126 e. The third-order valence-electron chi connectivity index (χ3n) is 2.84. The molecule has 0 spiro atoms. The van der Waals surface area contributed by atoms with Gasteiger partial charge in [-0.15, -0.1) is 0 Å². The van der Waals surface area contributed by atoms with E-state index < -0.39 is 0 Å². The lowest BCUT2D eigenvalue weighted by Gasteiger charge is -2.19. The summed E-state index contributed by atoms with van der Waals surface area (Å²) in [4.78, 5) is 0. The fraction of sp³-hybridized carbons (Fsp3) is 0.538. The third kappa shape index (κ3) is 3.31. The molecule has 15 heavy (non-hydrogen) atoms. The monoisotopic (exact) mass is 209 g/mol. The van der Waals surface area contributed by atoms with E-state index in [0.717, 1.165) is 12.0 Å². The normalized spacial score (nSPS) is 15.0. The van der Waals surface area contributed by atoms with Gasteiger partial charge in [-0.2, -0.15) is 0 Å². The molecule has 0 aromatic heterocycles. The zero-order valence-electron chi connectivity index (χ0n) is 9.97. The van der Waals surface area contributed by atoms with Gasteiger partial charge in [0.25, 0.3) is 0 Å². The van der Waals surface area contributed by atoms with E-state index in [0.29, 0.717) is 11.6 Å². The summed E-state index contributed by atoms with van der Waals surface area (Å²) in [7, 11) is 0. The van der Waals surface area contributed by atoms with Crippen LogP contribution in [0.4, 0.5) is 4.39 Å². The SMILES string of the molecule is CCC(C)NC(C)c1ccc(C)c(F)c1. The van der Waals surface area contributed by atoms with Crippen molar-refractivity contribution in [2.75, 3.05) is 0 Å². The highest BCUT2D eigenvalue weighted by Crippen LogP contribution is 2.17. The van der Waals surface area contributed by atoms with Crippen LogP contribution in [-0.4, -0.2) is 6.04 Å². The molecule has 0 amide bonds. The Kier molecular flexibility index (Phi) is 4.28. The van der Waals surface area contributed by atoms with Crippen LogP contribution < -0.4 is 5.32 Å². The van der Waals surface area contributed by atoms with Gasteiger partial charge in [-0.1, -0.05) is 19.1 Å². The molecule has 0 aliphatic carbocycles. The van der Waals surface area contributed by atoms with Crippen molar-refractivity contribution in [3.63, 3.8) is 0 Å². The maximum atomic E-state index is 13.3. The van der Waals surface area contributed by atoms with Crippen molar-refractivity contribution in [2.45, 2.75) is 46.2 Å². The summed E-state index contributed by atoms with van der Waals surface area (Å²) >= 11 is 0. The van der Waals surface area contributed by atoms with Gasteiger partial charge in [-0.3, -0.25) is 0 Å². The number of aryl methyl sites for hydroxylation is 1. The van der Waals surface area contributed by atoms with Crippen LogP contribution in [0.1, 0.15) is 44.4 Å². The molecule has 2 heteroatoms. The predicted octanol–water partition coefficient (Wildman–Crippen LogP) is 3.58. The summed E-state index contributed by atoms with van der Waals surface area (Å²) in [6.45, 7) is 8.13. The van der Waals surface area contributed by atoms with Crippen LogP contribution in [0.25, 0.3) is 0 Å². The number of nitrogens with one attached hydrogen (secondary N) is 1. The summed E-state index contributed by atoms with van der Waals surface area (Å²) in [5, 5.41) is 3.43. The van der Waals surface area contributed by atoms with Gasteiger partial charge < -0.3 is 5.32 Å². The zero-order chi connectivity index (χ0) is 11.4. The van der Waals surface area contributed by atoms with E-state index in [1.807, 2.05) is 12.1 Å². The quantitative estimate of drug-likeness (QED) is 0.799. The Bertz CT molecular complexity index is 322. The van der Waals surface area contributed by atoms with E-state index in [-0.39, 0.29) is 11.9 Å². The number of rotatable bonds is 4.